The molecule has 0 spiro atoms. The zero-order valence-corrected chi connectivity index (χ0v) is 12.6. The minimum Gasteiger partial charge on any atom is -0.103 e. The largest absolute Gasteiger partial charge is 0.103 e. The van der Waals surface area contributed by atoms with Crippen LogP contribution in [0.4, 0.5) is 0 Å². The standard InChI is InChI=1S/C19H28/c1-4-16-8-9-18(14-16)7-5-6-17-10-12-19(13-11-17)15(2)3/h4,10-13,15-16,18H,1,5-9,14H2,2-3H3/t16-,18?/m0/s1. The Morgan fingerprint density at radius 3 is 2.53 bits per heavy atom. The molecular weight excluding hydrogens is 228 g/mol. The molecule has 19 heavy (non-hydrogen) atoms. The molecule has 0 nitrogen and oxygen atoms in total. The molecule has 1 aromatic carbocycles. The minimum absolute atomic E-state index is 0.642. The molecule has 1 aromatic rings. The van der Waals surface area contributed by atoms with E-state index in [1.54, 1.807) is 0 Å². The number of aryl methyl sites for hydroxylation is 1. The van der Waals surface area contributed by atoms with Crippen LogP contribution in [0, 0.1) is 11.8 Å². The third-order valence-electron chi connectivity index (χ3n) is 4.64. The van der Waals surface area contributed by atoms with E-state index in [2.05, 4.69) is 50.8 Å². The highest BCUT2D eigenvalue weighted by molar-refractivity contribution is 5.24. The van der Waals surface area contributed by atoms with E-state index in [4.69, 9.17) is 0 Å². The van der Waals surface area contributed by atoms with Crippen molar-refractivity contribution in [2.45, 2.75) is 58.3 Å². The van der Waals surface area contributed by atoms with Crippen LogP contribution in [0.2, 0.25) is 0 Å². The first-order chi connectivity index (χ1) is 9.19. The van der Waals surface area contributed by atoms with E-state index in [1.807, 2.05) is 0 Å². The summed E-state index contributed by atoms with van der Waals surface area (Å²) in [7, 11) is 0. The van der Waals surface area contributed by atoms with Gasteiger partial charge in [-0.3, -0.25) is 0 Å². The molecule has 2 atom stereocenters. The summed E-state index contributed by atoms with van der Waals surface area (Å²) in [5, 5.41) is 0. The molecule has 0 aromatic heterocycles. The molecule has 1 aliphatic carbocycles. The van der Waals surface area contributed by atoms with Crippen LogP contribution in [0.25, 0.3) is 0 Å². The summed E-state index contributed by atoms with van der Waals surface area (Å²) in [6.45, 7) is 8.44. The highest BCUT2D eigenvalue weighted by Crippen LogP contribution is 2.34. The van der Waals surface area contributed by atoms with Crippen LogP contribution in [0.15, 0.2) is 36.9 Å². The zero-order chi connectivity index (χ0) is 13.7. The summed E-state index contributed by atoms with van der Waals surface area (Å²) in [6, 6.07) is 9.22. The molecule has 2 rings (SSSR count). The highest BCUT2D eigenvalue weighted by Gasteiger charge is 2.21. The number of hydrogen-bond acceptors (Lipinski definition) is 0. The summed E-state index contributed by atoms with van der Waals surface area (Å²) in [5.41, 5.74) is 2.95. The lowest BCUT2D eigenvalue weighted by molar-refractivity contribution is 0.473. The highest BCUT2D eigenvalue weighted by atomic mass is 14.3. The number of allylic oxidation sites excluding steroid dienone is 1. The number of rotatable bonds is 6. The lowest BCUT2D eigenvalue weighted by atomic mass is 9.96. The SMILES string of the molecule is C=C[C@H]1CCC(CCCc2ccc(C(C)C)cc2)C1. The van der Waals surface area contributed by atoms with Gasteiger partial charge >= 0.3 is 0 Å². The van der Waals surface area contributed by atoms with Crippen molar-refractivity contribution in [2.24, 2.45) is 11.8 Å². The molecule has 1 unspecified atom stereocenters. The van der Waals surface area contributed by atoms with Gasteiger partial charge < -0.3 is 0 Å². The van der Waals surface area contributed by atoms with Gasteiger partial charge in [-0.05, 0) is 61.0 Å². The van der Waals surface area contributed by atoms with E-state index >= 15 is 0 Å². The molecule has 1 saturated carbocycles. The van der Waals surface area contributed by atoms with Crippen LogP contribution in [0.5, 0.6) is 0 Å². The van der Waals surface area contributed by atoms with Crippen molar-refractivity contribution in [1.82, 2.24) is 0 Å². The van der Waals surface area contributed by atoms with E-state index < -0.39 is 0 Å². The maximum Gasteiger partial charge on any atom is -0.0219 e. The summed E-state index contributed by atoms with van der Waals surface area (Å²) < 4.78 is 0. The van der Waals surface area contributed by atoms with Crippen molar-refractivity contribution in [3.63, 3.8) is 0 Å². The molecule has 0 heteroatoms. The molecule has 0 aliphatic heterocycles. The maximum atomic E-state index is 3.93. The molecular formula is C19H28. The van der Waals surface area contributed by atoms with Gasteiger partial charge in [-0.1, -0.05) is 50.6 Å². The molecule has 0 N–H and O–H groups in total. The van der Waals surface area contributed by atoms with E-state index in [0.29, 0.717) is 5.92 Å². The van der Waals surface area contributed by atoms with E-state index in [0.717, 1.165) is 11.8 Å². The Balaban J connectivity index is 1.72. The fourth-order valence-corrected chi connectivity index (χ4v) is 3.25. The first-order valence-corrected chi connectivity index (χ1v) is 7.90. The van der Waals surface area contributed by atoms with Crippen LogP contribution < -0.4 is 0 Å². The smallest absolute Gasteiger partial charge is 0.0219 e. The Kier molecular flexibility index (Phi) is 5.24. The van der Waals surface area contributed by atoms with Gasteiger partial charge in [0.2, 0.25) is 0 Å². The average Bonchev–Trinajstić information content (AvgIpc) is 2.87. The molecule has 1 aliphatic rings. The van der Waals surface area contributed by atoms with Crippen LogP contribution >= 0.6 is 0 Å². The molecule has 0 heterocycles. The second-order valence-corrected chi connectivity index (χ2v) is 6.46. The van der Waals surface area contributed by atoms with Crippen LogP contribution in [0.3, 0.4) is 0 Å². The van der Waals surface area contributed by atoms with Crippen molar-refractivity contribution in [3.8, 4) is 0 Å². The first-order valence-electron chi connectivity index (χ1n) is 7.90. The van der Waals surface area contributed by atoms with Crippen LogP contribution in [0.1, 0.15) is 63.0 Å². The summed E-state index contributed by atoms with van der Waals surface area (Å²) in [5.74, 6) is 2.40. The normalized spacial score (nSPS) is 22.9. The summed E-state index contributed by atoms with van der Waals surface area (Å²) >= 11 is 0. The quantitative estimate of drug-likeness (QED) is 0.570. The lowest BCUT2D eigenvalue weighted by Crippen LogP contribution is -1.97. The zero-order valence-electron chi connectivity index (χ0n) is 12.6. The number of hydrogen-bond donors (Lipinski definition) is 0. The fraction of sp³-hybridized carbons (Fsp3) is 0.579. The Labute approximate surface area is 118 Å². The van der Waals surface area contributed by atoms with Gasteiger partial charge in [0.25, 0.3) is 0 Å². The fourth-order valence-electron chi connectivity index (χ4n) is 3.25. The van der Waals surface area contributed by atoms with Crippen molar-refractivity contribution >= 4 is 0 Å². The predicted octanol–water partition coefficient (Wildman–Crippen LogP) is 5.74. The predicted molar refractivity (Wildman–Crippen MR) is 84.5 cm³/mol. The molecule has 104 valence electrons. The molecule has 0 saturated heterocycles. The average molecular weight is 256 g/mol. The van der Waals surface area contributed by atoms with Crippen molar-refractivity contribution in [2.75, 3.05) is 0 Å². The third-order valence-corrected chi connectivity index (χ3v) is 4.64. The Bertz CT molecular complexity index is 385. The van der Waals surface area contributed by atoms with E-state index in [-0.39, 0.29) is 0 Å². The third kappa shape index (κ3) is 4.23. The van der Waals surface area contributed by atoms with Crippen molar-refractivity contribution < 1.29 is 0 Å². The van der Waals surface area contributed by atoms with Gasteiger partial charge in [-0.15, -0.1) is 6.58 Å². The van der Waals surface area contributed by atoms with Gasteiger partial charge in [0.05, 0.1) is 0 Å². The van der Waals surface area contributed by atoms with Crippen molar-refractivity contribution in [1.29, 1.82) is 0 Å². The van der Waals surface area contributed by atoms with Crippen LogP contribution in [-0.2, 0) is 6.42 Å². The second-order valence-electron chi connectivity index (χ2n) is 6.46. The van der Waals surface area contributed by atoms with Gasteiger partial charge in [-0.25, -0.2) is 0 Å². The summed E-state index contributed by atoms with van der Waals surface area (Å²) in [4.78, 5) is 0. The molecule has 0 bridgehead atoms. The lowest BCUT2D eigenvalue weighted by Gasteiger charge is -2.10. The van der Waals surface area contributed by atoms with Gasteiger partial charge in [0, 0.05) is 0 Å². The first kappa shape index (κ1) is 14.4. The number of benzene rings is 1. The maximum absolute atomic E-state index is 3.93. The molecule has 1 fully saturated rings. The molecule has 0 amide bonds. The topological polar surface area (TPSA) is 0 Å². The van der Waals surface area contributed by atoms with Gasteiger partial charge in [-0.2, -0.15) is 0 Å². The monoisotopic (exact) mass is 256 g/mol. The van der Waals surface area contributed by atoms with E-state index in [9.17, 15) is 0 Å². The van der Waals surface area contributed by atoms with Crippen molar-refractivity contribution in [3.05, 3.63) is 48.0 Å². The summed E-state index contributed by atoms with van der Waals surface area (Å²) in [6.07, 6.45) is 10.3. The van der Waals surface area contributed by atoms with Gasteiger partial charge in [0.15, 0.2) is 0 Å². The van der Waals surface area contributed by atoms with Gasteiger partial charge in [0.1, 0.15) is 0 Å². The Morgan fingerprint density at radius 2 is 1.95 bits per heavy atom. The second kappa shape index (κ2) is 6.93. The Hall–Kier alpha value is -1.04. The van der Waals surface area contributed by atoms with E-state index in [1.165, 1.54) is 49.7 Å². The minimum atomic E-state index is 0.642. The van der Waals surface area contributed by atoms with Crippen LogP contribution in [-0.4, -0.2) is 0 Å². The molecule has 0 radical (unpaired) electrons. The Morgan fingerprint density at radius 1 is 1.21 bits per heavy atom.